The maximum absolute atomic E-state index is 11.6. The van der Waals surface area contributed by atoms with Crippen molar-refractivity contribution in [1.29, 1.82) is 0 Å². The van der Waals surface area contributed by atoms with Crippen molar-refractivity contribution >= 4 is 18.6 Å². The normalized spacial score (nSPS) is 19.6. The van der Waals surface area contributed by atoms with Gasteiger partial charge >= 0.3 is 13.1 Å². The zero-order valence-corrected chi connectivity index (χ0v) is 15.6. The van der Waals surface area contributed by atoms with E-state index in [1.807, 2.05) is 27.7 Å². The van der Waals surface area contributed by atoms with Gasteiger partial charge in [-0.3, -0.25) is 4.79 Å². The Morgan fingerprint density at radius 3 is 2.28 bits per heavy atom. The molecule has 0 saturated carbocycles. The molecule has 1 aliphatic heterocycles. The molecule has 1 atom stereocenters. The number of benzene rings is 1. The Morgan fingerprint density at radius 2 is 1.80 bits per heavy atom. The van der Waals surface area contributed by atoms with E-state index in [9.17, 15) is 9.90 Å². The molecule has 1 aromatic rings. The Balaban J connectivity index is 2.39. The van der Waals surface area contributed by atoms with Crippen LogP contribution in [-0.4, -0.2) is 49.7 Å². The molecular formula is C17H26BNO6. The van der Waals surface area contributed by atoms with Crippen molar-refractivity contribution in [2.24, 2.45) is 5.73 Å². The summed E-state index contributed by atoms with van der Waals surface area (Å²) in [5.41, 5.74) is 5.96. The first-order valence-electron chi connectivity index (χ1n) is 8.11. The number of aromatic hydroxyl groups is 1. The van der Waals surface area contributed by atoms with Crippen molar-refractivity contribution in [3.05, 3.63) is 17.7 Å². The molecule has 0 radical (unpaired) electrons. The highest BCUT2D eigenvalue weighted by Crippen LogP contribution is 2.38. The highest BCUT2D eigenvalue weighted by molar-refractivity contribution is 6.63. The second-order valence-corrected chi connectivity index (χ2v) is 7.16. The molecule has 0 aliphatic carbocycles. The topological polar surface area (TPSA) is 100 Å². The fraction of sp³-hybridized carbons (Fsp3) is 0.588. The molecule has 0 amide bonds. The summed E-state index contributed by atoms with van der Waals surface area (Å²) in [6.45, 7) is 7.76. The number of hydrogen-bond acceptors (Lipinski definition) is 7. The van der Waals surface area contributed by atoms with Gasteiger partial charge in [0.1, 0.15) is 6.04 Å². The average Bonchev–Trinajstić information content (AvgIpc) is 2.73. The van der Waals surface area contributed by atoms with Crippen molar-refractivity contribution < 1.29 is 28.7 Å². The van der Waals surface area contributed by atoms with Crippen LogP contribution in [0, 0.1) is 0 Å². The third kappa shape index (κ3) is 3.76. The Labute approximate surface area is 148 Å². The Morgan fingerprint density at radius 1 is 1.24 bits per heavy atom. The van der Waals surface area contributed by atoms with Crippen LogP contribution in [0.2, 0.25) is 0 Å². The SMILES string of the molecule is COC(=O)[C@@H](N)Cc1cc(O)c(OC)c(B2OC(C)(C)C(C)(C)O2)c1. The summed E-state index contributed by atoms with van der Waals surface area (Å²) in [6, 6.07) is 2.45. The lowest BCUT2D eigenvalue weighted by atomic mass is 9.77. The van der Waals surface area contributed by atoms with Gasteiger partial charge in [0.05, 0.1) is 25.4 Å². The average molecular weight is 351 g/mol. The third-order valence-electron chi connectivity index (χ3n) is 4.83. The van der Waals surface area contributed by atoms with E-state index in [0.29, 0.717) is 11.0 Å². The molecule has 0 aromatic heterocycles. The minimum absolute atomic E-state index is 0.0678. The summed E-state index contributed by atoms with van der Waals surface area (Å²) < 4.78 is 22.0. The second-order valence-electron chi connectivity index (χ2n) is 7.16. The molecular weight excluding hydrogens is 325 g/mol. The summed E-state index contributed by atoms with van der Waals surface area (Å²) in [5.74, 6) is -0.317. The second kappa shape index (κ2) is 6.86. The van der Waals surface area contributed by atoms with Gasteiger partial charge in [-0.05, 0) is 45.7 Å². The predicted molar refractivity (Wildman–Crippen MR) is 94.1 cm³/mol. The molecule has 2 rings (SSSR count). The van der Waals surface area contributed by atoms with E-state index < -0.39 is 30.3 Å². The largest absolute Gasteiger partial charge is 0.504 e. The number of carbonyl (C=O) groups is 1. The quantitative estimate of drug-likeness (QED) is 0.596. The lowest BCUT2D eigenvalue weighted by Gasteiger charge is -2.32. The summed E-state index contributed by atoms with van der Waals surface area (Å²) in [6.07, 6.45) is 0.205. The van der Waals surface area contributed by atoms with E-state index in [1.54, 1.807) is 6.07 Å². The first-order valence-corrected chi connectivity index (χ1v) is 8.11. The highest BCUT2D eigenvalue weighted by Gasteiger charge is 2.52. The fourth-order valence-electron chi connectivity index (χ4n) is 2.67. The van der Waals surface area contributed by atoms with Crippen LogP contribution in [0.25, 0.3) is 0 Å². The molecule has 1 saturated heterocycles. The van der Waals surface area contributed by atoms with Crippen molar-refractivity contribution in [3.63, 3.8) is 0 Å². The van der Waals surface area contributed by atoms with Crippen molar-refractivity contribution in [2.75, 3.05) is 14.2 Å². The predicted octanol–water partition coefficient (Wildman–Crippen LogP) is 0.743. The maximum atomic E-state index is 11.6. The number of phenols is 1. The van der Waals surface area contributed by atoms with Crippen LogP contribution >= 0.6 is 0 Å². The highest BCUT2D eigenvalue weighted by atomic mass is 16.7. The van der Waals surface area contributed by atoms with Gasteiger partial charge in [-0.25, -0.2) is 0 Å². The van der Waals surface area contributed by atoms with Gasteiger partial charge in [0.2, 0.25) is 0 Å². The third-order valence-corrected chi connectivity index (χ3v) is 4.83. The summed E-state index contributed by atoms with van der Waals surface area (Å²) in [5, 5.41) is 10.3. The number of rotatable bonds is 5. The Hall–Kier alpha value is -1.77. The molecule has 0 spiro atoms. The zero-order chi connectivity index (χ0) is 19.0. The van der Waals surface area contributed by atoms with E-state index in [-0.39, 0.29) is 17.9 Å². The van der Waals surface area contributed by atoms with E-state index in [1.165, 1.54) is 20.3 Å². The lowest BCUT2D eigenvalue weighted by molar-refractivity contribution is -0.142. The first-order chi connectivity index (χ1) is 11.5. The summed E-state index contributed by atoms with van der Waals surface area (Å²) >= 11 is 0. The van der Waals surface area contributed by atoms with E-state index in [0.717, 1.165) is 0 Å². The summed E-state index contributed by atoms with van der Waals surface area (Å²) in [7, 11) is 2.03. The monoisotopic (exact) mass is 351 g/mol. The molecule has 0 unspecified atom stereocenters. The minimum atomic E-state index is -0.830. The van der Waals surface area contributed by atoms with Crippen LogP contribution in [0.5, 0.6) is 11.5 Å². The van der Waals surface area contributed by atoms with Crippen molar-refractivity contribution in [3.8, 4) is 11.5 Å². The number of ether oxygens (including phenoxy) is 2. The van der Waals surface area contributed by atoms with Crippen molar-refractivity contribution in [2.45, 2.75) is 51.4 Å². The summed E-state index contributed by atoms with van der Waals surface area (Å²) in [4.78, 5) is 11.6. The number of phenolic OH excluding ortho intramolecular Hbond substituents is 1. The standard InChI is InChI=1S/C17H26BNO6/c1-16(2)17(3,4)25-18(24-16)11-7-10(8-12(19)15(21)23-6)9-13(20)14(11)22-5/h7,9,12,20H,8,19H2,1-6H3/t12-/m0/s1. The first kappa shape index (κ1) is 19.6. The van der Waals surface area contributed by atoms with E-state index >= 15 is 0 Å². The molecule has 0 bridgehead atoms. The van der Waals surface area contributed by atoms with E-state index in [2.05, 4.69) is 4.74 Å². The van der Waals surface area contributed by atoms with Crippen LogP contribution in [-0.2, 0) is 25.3 Å². The number of methoxy groups -OCH3 is 2. The molecule has 1 fully saturated rings. The van der Waals surface area contributed by atoms with Gasteiger partial charge in [-0.2, -0.15) is 0 Å². The molecule has 1 aromatic carbocycles. The molecule has 3 N–H and O–H groups in total. The van der Waals surface area contributed by atoms with Gasteiger partial charge in [-0.15, -0.1) is 0 Å². The smallest absolute Gasteiger partial charge is 0.498 e. The van der Waals surface area contributed by atoms with Gasteiger partial charge in [0, 0.05) is 5.46 Å². The minimum Gasteiger partial charge on any atom is -0.504 e. The van der Waals surface area contributed by atoms with Crippen LogP contribution in [0.4, 0.5) is 0 Å². The Bertz CT molecular complexity index is 645. The van der Waals surface area contributed by atoms with Crippen LogP contribution < -0.4 is 15.9 Å². The van der Waals surface area contributed by atoms with Gasteiger partial charge in [0.25, 0.3) is 0 Å². The number of hydrogen-bond donors (Lipinski definition) is 2. The molecule has 1 aliphatic rings. The number of nitrogens with two attached hydrogens (primary N) is 1. The molecule has 7 nitrogen and oxygen atoms in total. The lowest BCUT2D eigenvalue weighted by Crippen LogP contribution is -2.41. The zero-order valence-electron chi connectivity index (χ0n) is 15.6. The maximum Gasteiger partial charge on any atom is 0.498 e. The molecule has 25 heavy (non-hydrogen) atoms. The number of carbonyl (C=O) groups excluding carboxylic acids is 1. The van der Waals surface area contributed by atoms with Crippen molar-refractivity contribution in [1.82, 2.24) is 0 Å². The Kier molecular flexibility index (Phi) is 5.37. The van der Waals surface area contributed by atoms with Crippen LogP contribution in [0.15, 0.2) is 12.1 Å². The molecule has 8 heteroatoms. The van der Waals surface area contributed by atoms with Gasteiger partial charge < -0.3 is 29.6 Å². The number of esters is 1. The van der Waals surface area contributed by atoms with E-state index in [4.69, 9.17) is 19.8 Å². The van der Waals surface area contributed by atoms with Crippen LogP contribution in [0.1, 0.15) is 33.3 Å². The fourth-order valence-corrected chi connectivity index (χ4v) is 2.67. The molecule has 138 valence electrons. The van der Waals surface area contributed by atoms with Gasteiger partial charge in [0.15, 0.2) is 11.5 Å². The van der Waals surface area contributed by atoms with Gasteiger partial charge in [-0.1, -0.05) is 6.07 Å². The molecule has 1 heterocycles. The van der Waals surface area contributed by atoms with Crippen LogP contribution in [0.3, 0.4) is 0 Å².